The van der Waals surface area contributed by atoms with Crippen molar-refractivity contribution in [1.82, 2.24) is 5.32 Å². The number of carbonyl (C=O) groups is 1. The zero-order valence-corrected chi connectivity index (χ0v) is 13.5. The first-order valence-electron chi connectivity index (χ1n) is 7.14. The summed E-state index contributed by atoms with van der Waals surface area (Å²) in [6.07, 6.45) is 0. The van der Waals surface area contributed by atoms with Gasteiger partial charge in [-0.05, 0) is 16.4 Å². The largest absolute Gasteiger partial charge is 0.347 e. The molecule has 0 saturated carbocycles. The number of nitrogens with two attached hydrogens (primary N) is 1. The van der Waals surface area contributed by atoms with Gasteiger partial charge < -0.3 is 11.1 Å². The van der Waals surface area contributed by atoms with Crippen LogP contribution in [0.5, 0.6) is 0 Å². The zero-order valence-electron chi connectivity index (χ0n) is 13.5. The molecule has 0 aliphatic carbocycles. The lowest BCUT2D eigenvalue weighted by Gasteiger charge is -2.35. The molecule has 0 fully saturated rings. The second kappa shape index (κ2) is 5.96. The van der Waals surface area contributed by atoms with E-state index in [1.165, 1.54) is 0 Å². The van der Waals surface area contributed by atoms with E-state index < -0.39 is 6.04 Å². The van der Waals surface area contributed by atoms with E-state index in [0.717, 1.165) is 5.56 Å². The Balaban J connectivity index is 2.96. The van der Waals surface area contributed by atoms with Crippen LogP contribution in [-0.4, -0.2) is 11.9 Å². The van der Waals surface area contributed by atoms with Gasteiger partial charge in [-0.3, -0.25) is 4.79 Å². The topological polar surface area (TPSA) is 55.1 Å². The minimum absolute atomic E-state index is 0.0513. The summed E-state index contributed by atoms with van der Waals surface area (Å²) in [7, 11) is 0. The fraction of sp³-hybridized carbons (Fsp3) is 0.588. The van der Waals surface area contributed by atoms with Crippen molar-refractivity contribution in [3.63, 3.8) is 0 Å². The van der Waals surface area contributed by atoms with E-state index in [1.807, 2.05) is 51.1 Å². The summed E-state index contributed by atoms with van der Waals surface area (Å²) in [5.41, 5.74) is 6.84. The van der Waals surface area contributed by atoms with Gasteiger partial charge in [0.05, 0.1) is 12.1 Å². The third kappa shape index (κ3) is 4.34. The Hall–Kier alpha value is -1.35. The Morgan fingerprint density at radius 2 is 1.50 bits per heavy atom. The van der Waals surface area contributed by atoms with E-state index in [9.17, 15) is 4.79 Å². The Bertz CT molecular complexity index is 440. The molecule has 0 heterocycles. The van der Waals surface area contributed by atoms with Crippen LogP contribution >= 0.6 is 0 Å². The highest BCUT2D eigenvalue weighted by atomic mass is 16.2. The summed E-state index contributed by atoms with van der Waals surface area (Å²) >= 11 is 0. The lowest BCUT2D eigenvalue weighted by Crippen LogP contribution is -2.51. The smallest absolute Gasteiger partial charge is 0.237 e. The van der Waals surface area contributed by atoms with Gasteiger partial charge in [0.1, 0.15) is 0 Å². The molecule has 1 aromatic rings. The van der Waals surface area contributed by atoms with Crippen molar-refractivity contribution in [3.05, 3.63) is 35.9 Å². The summed E-state index contributed by atoms with van der Waals surface area (Å²) in [5, 5.41) is 3.12. The molecule has 0 aliphatic heterocycles. The van der Waals surface area contributed by atoms with Crippen LogP contribution in [-0.2, 0) is 4.79 Å². The van der Waals surface area contributed by atoms with Crippen molar-refractivity contribution in [2.45, 2.75) is 53.6 Å². The lowest BCUT2D eigenvalue weighted by molar-refractivity contribution is -0.126. The van der Waals surface area contributed by atoms with Gasteiger partial charge in [-0.1, -0.05) is 71.9 Å². The Labute approximate surface area is 122 Å². The van der Waals surface area contributed by atoms with Crippen molar-refractivity contribution >= 4 is 5.91 Å². The summed E-state index contributed by atoms with van der Waals surface area (Å²) in [4.78, 5) is 12.4. The SMILES string of the molecule is CC(C)(C)C(NC(=O)[C@@H](N)C(C)(C)C)c1ccccc1. The molecule has 0 radical (unpaired) electrons. The molecule has 0 saturated heterocycles. The van der Waals surface area contributed by atoms with Gasteiger partial charge in [0, 0.05) is 0 Å². The van der Waals surface area contributed by atoms with Crippen molar-refractivity contribution in [2.75, 3.05) is 0 Å². The van der Waals surface area contributed by atoms with Crippen LogP contribution in [0.4, 0.5) is 0 Å². The summed E-state index contributed by atoms with van der Waals surface area (Å²) < 4.78 is 0. The maximum Gasteiger partial charge on any atom is 0.237 e. The van der Waals surface area contributed by atoms with Gasteiger partial charge in [-0.15, -0.1) is 0 Å². The molecular weight excluding hydrogens is 248 g/mol. The highest BCUT2D eigenvalue weighted by molar-refractivity contribution is 5.82. The molecule has 112 valence electrons. The summed E-state index contributed by atoms with van der Waals surface area (Å²) in [6.45, 7) is 12.3. The monoisotopic (exact) mass is 276 g/mol. The fourth-order valence-electron chi connectivity index (χ4n) is 2.07. The highest BCUT2D eigenvalue weighted by Crippen LogP contribution is 2.33. The van der Waals surface area contributed by atoms with Crippen molar-refractivity contribution < 1.29 is 4.79 Å². The van der Waals surface area contributed by atoms with E-state index in [2.05, 4.69) is 26.1 Å². The fourth-order valence-corrected chi connectivity index (χ4v) is 2.07. The molecule has 2 atom stereocenters. The minimum atomic E-state index is -0.518. The number of amides is 1. The number of hydrogen-bond acceptors (Lipinski definition) is 2. The lowest BCUT2D eigenvalue weighted by atomic mass is 9.81. The molecule has 1 rings (SSSR count). The predicted octanol–water partition coefficient (Wildman–Crippen LogP) is 3.26. The molecule has 0 bridgehead atoms. The second-order valence-corrected chi connectivity index (χ2v) is 7.56. The third-order valence-corrected chi connectivity index (χ3v) is 3.50. The van der Waals surface area contributed by atoms with Gasteiger partial charge >= 0.3 is 0 Å². The van der Waals surface area contributed by atoms with Crippen LogP contribution in [0, 0.1) is 10.8 Å². The molecule has 3 heteroatoms. The average Bonchev–Trinajstić information content (AvgIpc) is 2.33. The van der Waals surface area contributed by atoms with E-state index in [4.69, 9.17) is 5.73 Å². The third-order valence-electron chi connectivity index (χ3n) is 3.50. The molecule has 0 aromatic heterocycles. The maximum absolute atomic E-state index is 12.4. The molecular formula is C17H28N2O. The standard InChI is InChI=1S/C17H28N2O/c1-16(2,3)13(18)15(20)19-14(17(4,5)6)12-10-8-7-9-11-12/h7-11,13-14H,18H2,1-6H3,(H,19,20)/t13-,14?/m1/s1. The number of carbonyl (C=O) groups excluding carboxylic acids is 1. The zero-order chi connectivity index (χ0) is 15.6. The van der Waals surface area contributed by atoms with Crippen LogP contribution < -0.4 is 11.1 Å². The number of hydrogen-bond donors (Lipinski definition) is 2. The van der Waals surface area contributed by atoms with Crippen LogP contribution in [0.3, 0.4) is 0 Å². The molecule has 1 aromatic carbocycles. The van der Waals surface area contributed by atoms with Crippen LogP contribution in [0.15, 0.2) is 30.3 Å². The molecule has 20 heavy (non-hydrogen) atoms. The number of rotatable bonds is 3. The Kier molecular flexibility index (Phi) is 4.98. The molecule has 3 N–H and O–H groups in total. The number of benzene rings is 1. The summed E-state index contributed by atoms with van der Waals surface area (Å²) in [6, 6.07) is 9.47. The maximum atomic E-state index is 12.4. The molecule has 1 amide bonds. The van der Waals surface area contributed by atoms with E-state index in [1.54, 1.807) is 0 Å². The van der Waals surface area contributed by atoms with Crippen molar-refractivity contribution in [3.8, 4) is 0 Å². The summed E-state index contributed by atoms with van der Waals surface area (Å²) in [5.74, 6) is -0.0960. The minimum Gasteiger partial charge on any atom is -0.347 e. The van der Waals surface area contributed by atoms with Gasteiger partial charge in [-0.2, -0.15) is 0 Å². The van der Waals surface area contributed by atoms with Gasteiger partial charge in [0.25, 0.3) is 0 Å². The molecule has 1 unspecified atom stereocenters. The Morgan fingerprint density at radius 3 is 1.90 bits per heavy atom. The normalized spacial score (nSPS) is 15.6. The van der Waals surface area contributed by atoms with Crippen LogP contribution in [0.2, 0.25) is 0 Å². The van der Waals surface area contributed by atoms with Crippen LogP contribution in [0.1, 0.15) is 53.1 Å². The predicted molar refractivity (Wildman–Crippen MR) is 84.2 cm³/mol. The second-order valence-electron chi connectivity index (χ2n) is 7.56. The van der Waals surface area contributed by atoms with Crippen molar-refractivity contribution in [2.24, 2.45) is 16.6 Å². The Morgan fingerprint density at radius 1 is 1.00 bits per heavy atom. The average molecular weight is 276 g/mol. The van der Waals surface area contributed by atoms with E-state index in [-0.39, 0.29) is 22.8 Å². The van der Waals surface area contributed by atoms with E-state index in [0.29, 0.717) is 0 Å². The van der Waals surface area contributed by atoms with Gasteiger partial charge in [0.15, 0.2) is 0 Å². The van der Waals surface area contributed by atoms with Crippen LogP contribution in [0.25, 0.3) is 0 Å². The first kappa shape index (κ1) is 16.7. The quantitative estimate of drug-likeness (QED) is 0.890. The molecule has 0 aliphatic rings. The highest BCUT2D eigenvalue weighted by Gasteiger charge is 2.33. The van der Waals surface area contributed by atoms with Crippen molar-refractivity contribution in [1.29, 1.82) is 0 Å². The first-order chi connectivity index (χ1) is 9.03. The molecule has 3 nitrogen and oxygen atoms in total. The van der Waals surface area contributed by atoms with E-state index >= 15 is 0 Å². The van der Waals surface area contributed by atoms with Gasteiger partial charge in [0.2, 0.25) is 5.91 Å². The first-order valence-corrected chi connectivity index (χ1v) is 7.14. The molecule has 0 spiro atoms. The number of nitrogens with one attached hydrogen (secondary N) is 1. The van der Waals surface area contributed by atoms with Gasteiger partial charge in [-0.25, -0.2) is 0 Å².